The first-order chi connectivity index (χ1) is 13.3. The summed E-state index contributed by atoms with van der Waals surface area (Å²) in [6, 6.07) is 0. The number of ketones is 1. The van der Waals surface area contributed by atoms with Crippen LogP contribution in [0, 0.1) is 46.3 Å². The van der Waals surface area contributed by atoms with E-state index < -0.39 is 44.4 Å². The second kappa shape index (κ2) is 6.36. The fourth-order valence-electron chi connectivity index (χ4n) is 6.70. The third-order valence-electron chi connectivity index (χ3n) is 8.63. The molecule has 0 spiro atoms. The maximum atomic E-state index is 13.0. The molecule has 4 fully saturated rings. The van der Waals surface area contributed by atoms with Crippen molar-refractivity contribution in [3.63, 3.8) is 0 Å². The Morgan fingerprint density at radius 3 is 2.31 bits per heavy atom. The summed E-state index contributed by atoms with van der Waals surface area (Å²) in [7, 11) is -4.29. The van der Waals surface area contributed by atoms with Gasteiger partial charge in [0, 0.05) is 18.3 Å². The van der Waals surface area contributed by atoms with E-state index in [1.54, 1.807) is 0 Å². The number of nitrogens with zero attached hydrogens (tertiary/aromatic N) is 1. The maximum absolute atomic E-state index is 13.0. The quantitative estimate of drug-likeness (QED) is 0.628. The Hall–Kier alpha value is -1.28. The number of Topliss-reactive ketones (excluding diaryl/α,β-unsaturated/α-hetero) is 1. The van der Waals surface area contributed by atoms with Gasteiger partial charge in [0.05, 0.1) is 11.2 Å². The highest BCUT2D eigenvalue weighted by Gasteiger charge is 2.66. The first-order valence-corrected chi connectivity index (χ1v) is 12.2. The first kappa shape index (κ1) is 21.0. The minimum Gasteiger partial charge on any atom is -0.299 e. The van der Waals surface area contributed by atoms with Crippen LogP contribution in [0.3, 0.4) is 0 Å². The van der Waals surface area contributed by atoms with Crippen molar-refractivity contribution in [2.75, 3.05) is 5.75 Å². The van der Waals surface area contributed by atoms with Crippen LogP contribution in [-0.4, -0.2) is 36.8 Å². The highest BCUT2D eigenvalue weighted by atomic mass is 32.2. The monoisotopic (exact) mass is 425 g/mol. The molecule has 0 aromatic carbocycles. The molecule has 0 radical (unpaired) electrons. The number of imide groups is 1. The van der Waals surface area contributed by atoms with Gasteiger partial charge < -0.3 is 0 Å². The van der Waals surface area contributed by atoms with Gasteiger partial charge in [-0.15, -0.1) is 9.35 Å². The van der Waals surface area contributed by atoms with Crippen molar-refractivity contribution in [3.8, 4) is 0 Å². The summed E-state index contributed by atoms with van der Waals surface area (Å²) in [6.45, 7) is 9.72. The van der Waals surface area contributed by atoms with E-state index >= 15 is 0 Å². The third kappa shape index (κ3) is 2.77. The van der Waals surface area contributed by atoms with Crippen molar-refractivity contribution >= 4 is 27.7 Å². The van der Waals surface area contributed by atoms with Crippen LogP contribution in [0.4, 0.5) is 0 Å². The van der Waals surface area contributed by atoms with Crippen LogP contribution in [0.2, 0.25) is 0 Å². The highest BCUT2D eigenvalue weighted by molar-refractivity contribution is 7.86. The number of hydrogen-bond donors (Lipinski definition) is 0. The molecular weight excluding hydrogens is 394 g/mol. The summed E-state index contributed by atoms with van der Waals surface area (Å²) < 4.78 is 31.2. The van der Waals surface area contributed by atoms with E-state index in [1.807, 2.05) is 34.6 Å². The summed E-state index contributed by atoms with van der Waals surface area (Å²) in [4.78, 5) is 38.5. The van der Waals surface area contributed by atoms with Crippen molar-refractivity contribution in [1.29, 1.82) is 0 Å². The predicted molar refractivity (Wildman–Crippen MR) is 104 cm³/mol. The number of amides is 2. The van der Waals surface area contributed by atoms with Crippen molar-refractivity contribution in [2.45, 2.75) is 60.3 Å². The van der Waals surface area contributed by atoms with E-state index in [9.17, 15) is 22.8 Å². The van der Waals surface area contributed by atoms with Crippen molar-refractivity contribution in [2.24, 2.45) is 46.3 Å². The number of carbonyl (C=O) groups is 3. The van der Waals surface area contributed by atoms with Crippen molar-refractivity contribution < 1.29 is 27.1 Å². The molecule has 4 aliphatic rings. The Morgan fingerprint density at radius 1 is 1.17 bits per heavy atom. The van der Waals surface area contributed by atoms with Gasteiger partial charge in [0.2, 0.25) is 0 Å². The number of fused-ring (bicyclic) bond motifs is 3. The van der Waals surface area contributed by atoms with Crippen LogP contribution in [0.5, 0.6) is 0 Å². The molecule has 8 heteroatoms. The van der Waals surface area contributed by atoms with E-state index in [1.165, 1.54) is 0 Å². The molecule has 29 heavy (non-hydrogen) atoms. The molecule has 0 aromatic rings. The minimum absolute atomic E-state index is 0.0239. The minimum atomic E-state index is -4.29. The topological polar surface area (TPSA) is 97.8 Å². The van der Waals surface area contributed by atoms with Crippen LogP contribution < -0.4 is 0 Å². The molecule has 0 N–H and O–H groups in total. The highest BCUT2D eigenvalue weighted by Crippen LogP contribution is 2.64. The Labute approximate surface area is 172 Å². The van der Waals surface area contributed by atoms with Crippen LogP contribution in [0.15, 0.2) is 0 Å². The molecule has 0 aromatic heterocycles. The lowest BCUT2D eigenvalue weighted by molar-refractivity contribution is -0.201. The first-order valence-electron chi connectivity index (χ1n) is 10.7. The van der Waals surface area contributed by atoms with E-state index in [2.05, 4.69) is 0 Å². The molecule has 2 bridgehead atoms. The van der Waals surface area contributed by atoms with Gasteiger partial charge >= 0.3 is 0 Å². The average molecular weight is 426 g/mol. The molecule has 4 rings (SSSR count). The molecule has 3 aliphatic carbocycles. The lowest BCUT2D eigenvalue weighted by Crippen LogP contribution is -2.62. The average Bonchev–Trinajstić information content (AvgIpc) is 2.93. The Balaban J connectivity index is 1.59. The largest absolute Gasteiger partial charge is 0.299 e. The smallest absolute Gasteiger partial charge is 0.289 e. The van der Waals surface area contributed by atoms with Gasteiger partial charge in [0.1, 0.15) is 5.78 Å². The van der Waals surface area contributed by atoms with E-state index in [4.69, 9.17) is 4.28 Å². The number of piperidine rings is 1. The molecule has 1 saturated heterocycles. The predicted octanol–water partition coefficient (Wildman–Crippen LogP) is 2.56. The molecule has 6 atom stereocenters. The summed E-state index contributed by atoms with van der Waals surface area (Å²) in [5, 5.41) is 0.503. The molecule has 1 heterocycles. The van der Waals surface area contributed by atoms with E-state index in [-0.39, 0.29) is 35.4 Å². The zero-order valence-corrected chi connectivity index (χ0v) is 18.6. The molecule has 2 amide bonds. The SMILES string of the molecule is CC(C)C1C(=O)N(OS(=O)(=O)CC23CCC(CC2=O)C3(C)C)C(=O)C2CC(C)C21. The lowest BCUT2D eigenvalue weighted by Gasteiger charge is -2.52. The second-order valence-electron chi connectivity index (χ2n) is 10.6. The number of hydrogen-bond acceptors (Lipinski definition) is 6. The van der Waals surface area contributed by atoms with Gasteiger partial charge in [0.25, 0.3) is 21.9 Å². The summed E-state index contributed by atoms with van der Waals surface area (Å²) in [6.07, 6.45) is 2.34. The molecule has 162 valence electrons. The number of hydroxylamine groups is 2. The second-order valence-corrected chi connectivity index (χ2v) is 12.1. The van der Waals surface area contributed by atoms with Crippen molar-refractivity contribution in [1.82, 2.24) is 5.06 Å². The van der Waals surface area contributed by atoms with E-state index in [0.29, 0.717) is 24.3 Å². The normalized spacial score (nSPS) is 41.1. The zero-order valence-electron chi connectivity index (χ0n) is 17.8. The van der Waals surface area contributed by atoms with Gasteiger partial charge in [0.15, 0.2) is 0 Å². The summed E-state index contributed by atoms with van der Waals surface area (Å²) in [5.41, 5.74) is -1.44. The Kier molecular flexibility index (Phi) is 4.60. The van der Waals surface area contributed by atoms with Crippen molar-refractivity contribution in [3.05, 3.63) is 0 Å². The summed E-state index contributed by atoms with van der Waals surface area (Å²) >= 11 is 0. The van der Waals surface area contributed by atoms with Gasteiger partial charge in [-0.1, -0.05) is 34.6 Å². The van der Waals surface area contributed by atoms with E-state index in [0.717, 1.165) is 6.42 Å². The van der Waals surface area contributed by atoms with Crippen LogP contribution in [0.25, 0.3) is 0 Å². The third-order valence-corrected chi connectivity index (χ3v) is 9.86. The number of rotatable bonds is 5. The van der Waals surface area contributed by atoms with Gasteiger partial charge in [-0.3, -0.25) is 14.4 Å². The summed E-state index contributed by atoms with van der Waals surface area (Å²) in [5.74, 6) is -2.11. The molecule has 7 nitrogen and oxygen atoms in total. The van der Waals surface area contributed by atoms with Gasteiger partial charge in [-0.25, -0.2) is 0 Å². The standard InChI is InChI=1S/C21H31NO6S/c1-11(2)16-17-12(3)8-14(17)18(24)22(19(16)25)28-29(26,27)10-21-7-6-13(9-15(21)23)20(21,4)5/h11-14,16-17H,6-10H2,1-5H3. The molecule has 1 aliphatic heterocycles. The lowest BCUT2D eigenvalue weighted by atomic mass is 9.56. The molecular formula is C21H31NO6S. The molecule has 6 unspecified atom stereocenters. The van der Waals surface area contributed by atoms with Crippen LogP contribution in [-0.2, 0) is 28.8 Å². The number of carbonyl (C=O) groups excluding carboxylic acids is 3. The molecule has 3 saturated carbocycles. The Bertz CT molecular complexity index is 878. The Morgan fingerprint density at radius 2 is 1.83 bits per heavy atom. The van der Waals surface area contributed by atoms with Crippen LogP contribution >= 0.6 is 0 Å². The maximum Gasteiger partial charge on any atom is 0.289 e. The van der Waals surface area contributed by atoms with Gasteiger partial charge in [-0.2, -0.15) is 8.42 Å². The fraction of sp³-hybridized carbons (Fsp3) is 0.857. The fourth-order valence-corrected chi connectivity index (χ4v) is 8.41. The van der Waals surface area contributed by atoms with Gasteiger partial charge in [-0.05, 0) is 48.3 Å². The van der Waals surface area contributed by atoms with Crippen LogP contribution in [0.1, 0.15) is 60.3 Å². The zero-order chi connectivity index (χ0) is 21.5.